The highest BCUT2D eigenvalue weighted by atomic mass is 16.5. The Morgan fingerprint density at radius 3 is 2.69 bits per heavy atom. The van der Waals surface area contributed by atoms with E-state index in [0.29, 0.717) is 13.0 Å². The van der Waals surface area contributed by atoms with Gasteiger partial charge in [0.1, 0.15) is 12.2 Å². The van der Waals surface area contributed by atoms with Gasteiger partial charge >= 0.3 is 0 Å². The summed E-state index contributed by atoms with van der Waals surface area (Å²) in [6.07, 6.45) is -1.59. The molecule has 0 amide bonds. The third-order valence-corrected chi connectivity index (χ3v) is 1.93. The van der Waals surface area contributed by atoms with Crippen LogP contribution in [0.5, 0.6) is 0 Å². The second-order valence-electron chi connectivity index (χ2n) is 3.58. The monoisotopic (exact) mass is 184 g/mol. The number of hydrogen-bond donors (Lipinski definition) is 2. The molecule has 1 rings (SSSR count). The van der Waals surface area contributed by atoms with Gasteiger partial charge in [0.2, 0.25) is 0 Å². The summed E-state index contributed by atoms with van der Waals surface area (Å²) in [6, 6.07) is 0. The first kappa shape index (κ1) is 10.5. The summed E-state index contributed by atoms with van der Waals surface area (Å²) in [5.74, 6) is 6.00. The van der Waals surface area contributed by atoms with Gasteiger partial charge in [-0.1, -0.05) is 25.7 Å². The molecule has 74 valence electrons. The van der Waals surface area contributed by atoms with Crippen LogP contribution in [0.3, 0.4) is 0 Å². The van der Waals surface area contributed by atoms with Crippen molar-refractivity contribution in [3.05, 3.63) is 0 Å². The molecule has 0 aromatic heterocycles. The largest absolute Gasteiger partial charge is 0.390 e. The van der Waals surface area contributed by atoms with E-state index in [4.69, 9.17) is 4.74 Å². The first-order valence-electron chi connectivity index (χ1n) is 4.60. The Bertz CT molecular complexity index is 214. The van der Waals surface area contributed by atoms with Crippen LogP contribution >= 0.6 is 0 Å². The molecule has 3 atom stereocenters. The van der Waals surface area contributed by atoms with E-state index in [-0.39, 0.29) is 5.92 Å². The van der Waals surface area contributed by atoms with Crippen LogP contribution in [0.25, 0.3) is 0 Å². The standard InChI is InChI=1S/C10H16O3/c1-7(2)3-4-9-10(12)8(11)5-6-13-9/h7-12H,5-6H2,1-2H3. The third-order valence-electron chi connectivity index (χ3n) is 1.93. The van der Waals surface area contributed by atoms with Crippen LogP contribution in [0.1, 0.15) is 20.3 Å². The summed E-state index contributed by atoms with van der Waals surface area (Å²) in [5.41, 5.74) is 0. The number of ether oxygens (including phenoxy) is 1. The molecular formula is C10H16O3. The Morgan fingerprint density at radius 2 is 2.08 bits per heavy atom. The lowest BCUT2D eigenvalue weighted by molar-refractivity contribution is -0.112. The Hall–Kier alpha value is -0.560. The van der Waals surface area contributed by atoms with Crippen LogP contribution < -0.4 is 0 Å². The van der Waals surface area contributed by atoms with Crippen LogP contribution in [0.15, 0.2) is 0 Å². The summed E-state index contributed by atoms with van der Waals surface area (Å²) in [6.45, 7) is 4.41. The molecule has 1 saturated heterocycles. The average Bonchev–Trinajstić information content (AvgIpc) is 2.07. The molecule has 2 N–H and O–H groups in total. The van der Waals surface area contributed by atoms with Gasteiger partial charge in [-0.3, -0.25) is 0 Å². The molecule has 1 aliphatic heterocycles. The number of hydrogen-bond acceptors (Lipinski definition) is 3. The first-order chi connectivity index (χ1) is 6.11. The molecule has 0 saturated carbocycles. The van der Waals surface area contributed by atoms with Crippen molar-refractivity contribution in [3.8, 4) is 11.8 Å². The fourth-order valence-electron chi connectivity index (χ4n) is 1.16. The summed E-state index contributed by atoms with van der Waals surface area (Å²) < 4.78 is 5.23. The van der Waals surface area contributed by atoms with Gasteiger partial charge in [0, 0.05) is 5.92 Å². The van der Waals surface area contributed by atoms with Gasteiger partial charge in [0.25, 0.3) is 0 Å². The molecular weight excluding hydrogens is 168 g/mol. The lowest BCUT2D eigenvalue weighted by Crippen LogP contribution is -2.43. The predicted octanol–water partition coefficient (Wildman–Crippen LogP) is 0.156. The van der Waals surface area contributed by atoms with E-state index in [1.165, 1.54) is 0 Å². The summed E-state index contributed by atoms with van der Waals surface area (Å²) in [7, 11) is 0. The molecule has 1 aliphatic rings. The molecule has 13 heavy (non-hydrogen) atoms. The zero-order valence-corrected chi connectivity index (χ0v) is 8.03. The van der Waals surface area contributed by atoms with Crippen LogP contribution in [-0.4, -0.2) is 35.1 Å². The second kappa shape index (κ2) is 4.61. The van der Waals surface area contributed by atoms with Gasteiger partial charge in [-0.2, -0.15) is 0 Å². The quantitative estimate of drug-likeness (QED) is 0.527. The topological polar surface area (TPSA) is 49.7 Å². The van der Waals surface area contributed by atoms with E-state index in [1.807, 2.05) is 13.8 Å². The molecule has 3 nitrogen and oxygen atoms in total. The maximum atomic E-state index is 9.47. The van der Waals surface area contributed by atoms with Crippen molar-refractivity contribution in [1.82, 2.24) is 0 Å². The second-order valence-corrected chi connectivity index (χ2v) is 3.58. The molecule has 0 aromatic carbocycles. The SMILES string of the molecule is CC(C)C#CC1OCCC(O)C1O. The van der Waals surface area contributed by atoms with Crippen molar-refractivity contribution in [1.29, 1.82) is 0 Å². The molecule has 3 unspecified atom stereocenters. The maximum absolute atomic E-state index is 9.47. The Labute approximate surface area is 78.7 Å². The van der Waals surface area contributed by atoms with Crippen molar-refractivity contribution < 1.29 is 14.9 Å². The molecule has 1 fully saturated rings. The third kappa shape index (κ3) is 3.00. The maximum Gasteiger partial charge on any atom is 0.146 e. The number of aliphatic hydroxyl groups is 2. The minimum absolute atomic E-state index is 0.259. The van der Waals surface area contributed by atoms with Gasteiger partial charge in [-0.05, 0) is 6.42 Å². The minimum Gasteiger partial charge on any atom is -0.390 e. The van der Waals surface area contributed by atoms with Crippen LogP contribution in [0.4, 0.5) is 0 Å². The predicted molar refractivity (Wildman–Crippen MR) is 49.0 cm³/mol. The Morgan fingerprint density at radius 1 is 1.38 bits per heavy atom. The summed E-state index contributed by atoms with van der Waals surface area (Å²) >= 11 is 0. The van der Waals surface area contributed by atoms with E-state index in [2.05, 4.69) is 11.8 Å². The van der Waals surface area contributed by atoms with Crippen LogP contribution in [0, 0.1) is 17.8 Å². The normalized spacial score (nSPS) is 34.1. The summed E-state index contributed by atoms with van der Waals surface area (Å²) in [4.78, 5) is 0. The van der Waals surface area contributed by atoms with Gasteiger partial charge in [0.05, 0.1) is 12.7 Å². The van der Waals surface area contributed by atoms with Crippen LogP contribution in [0.2, 0.25) is 0 Å². The van der Waals surface area contributed by atoms with E-state index in [1.54, 1.807) is 0 Å². The fraction of sp³-hybridized carbons (Fsp3) is 0.800. The first-order valence-corrected chi connectivity index (χ1v) is 4.60. The van der Waals surface area contributed by atoms with Crippen molar-refractivity contribution in [2.24, 2.45) is 5.92 Å². The number of aliphatic hydroxyl groups excluding tert-OH is 2. The highest BCUT2D eigenvalue weighted by Gasteiger charge is 2.29. The van der Waals surface area contributed by atoms with E-state index >= 15 is 0 Å². The molecule has 0 radical (unpaired) electrons. The van der Waals surface area contributed by atoms with E-state index in [9.17, 15) is 10.2 Å². The molecule has 0 spiro atoms. The van der Waals surface area contributed by atoms with Crippen molar-refractivity contribution in [2.75, 3.05) is 6.61 Å². The van der Waals surface area contributed by atoms with Gasteiger partial charge in [0.15, 0.2) is 0 Å². The molecule has 0 aliphatic carbocycles. The smallest absolute Gasteiger partial charge is 0.146 e. The molecule has 1 heterocycles. The minimum atomic E-state index is -0.861. The summed E-state index contributed by atoms with van der Waals surface area (Å²) in [5, 5.41) is 18.8. The van der Waals surface area contributed by atoms with Gasteiger partial charge in [-0.15, -0.1) is 0 Å². The zero-order chi connectivity index (χ0) is 9.84. The fourth-order valence-corrected chi connectivity index (χ4v) is 1.16. The van der Waals surface area contributed by atoms with E-state index in [0.717, 1.165) is 0 Å². The van der Waals surface area contributed by atoms with E-state index < -0.39 is 18.3 Å². The Balaban J connectivity index is 2.55. The molecule has 0 aromatic rings. The van der Waals surface area contributed by atoms with Crippen molar-refractivity contribution in [3.63, 3.8) is 0 Å². The van der Waals surface area contributed by atoms with Crippen molar-refractivity contribution >= 4 is 0 Å². The molecule has 3 heteroatoms. The average molecular weight is 184 g/mol. The lowest BCUT2D eigenvalue weighted by Gasteiger charge is -2.28. The highest BCUT2D eigenvalue weighted by Crippen LogP contribution is 2.13. The lowest BCUT2D eigenvalue weighted by atomic mass is 10.0. The molecule has 0 bridgehead atoms. The van der Waals surface area contributed by atoms with Gasteiger partial charge in [-0.25, -0.2) is 0 Å². The highest BCUT2D eigenvalue weighted by molar-refractivity contribution is 5.10. The number of rotatable bonds is 0. The van der Waals surface area contributed by atoms with Crippen LogP contribution in [-0.2, 0) is 4.74 Å². The van der Waals surface area contributed by atoms with Gasteiger partial charge < -0.3 is 14.9 Å². The Kier molecular flexibility index (Phi) is 3.73. The van der Waals surface area contributed by atoms with Crippen molar-refractivity contribution in [2.45, 2.75) is 38.6 Å². The zero-order valence-electron chi connectivity index (χ0n) is 8.03.